The topological polar surface area (TPSA) is 76.2 Å². The molecule has 1 aliphatic carbocycles. The number of carbonyl (C=O) groups excluding carboxylic acids is 1. The first kappa shape index (κ1) is 19.6. The first-order chi connectivity index (χ1) is 14.0. The van der Waals surface area contributed by atoms with Crippen molar-refractivity contribution in [3.8, 4) is 11.5 Å². The lowest BCUT2D eigenvalue weighted by molar-refractivity contribution is -0.119. The maximum atomic E-state index is 13.5. The zero-order chi connectivity index (χ0) is 20.6. The molecule has 1 aliphatic heterocycles. The van der Waals surface area contributed by atoms with Gasteiger partial charge in [-0.3, -0.25) is 9.10 Å². The molecule has 0 atom stereocenters. The van der Waals surface area contributed by atoms with E-state index in [1.54, 1.807) is 23.1 Å². The molecule has 2 aliphatic rings. The third kappa shape index (κ3) is 3.53. The molecule has 7 nitrogen and oxygen atoms in total. The van der Waals surface area contributed by atoms with Gasteiger partial charge >= 0.3 is 0 Å². The van der Waals surface area contributed by atoms with Gasteiger partial charge in [0.25, 0.3) is 10.0 Å². The standard InChI is InChI=1S/C21H24N2O5S/c1-27-19-11-10-16(14-20(19)28-2)29(25,26)23-13-5-12-22(21(24)15-8-9-15)17-6-3-4-7-18(17)23/h3-4,6-7,10-11,14-15H,5,8-9,12-13H2,1-2H3. The molecule has 0 unspecified atom stereocenters. The van der Waals surface area contributed by atoms with Crippen LogP contribution in [-0.4, -0.2) is 41.6 Å². The molecular weight excluding hydrogens is 392 g/mol. The predicted molar refractivity (Wildman–Crippen MR) is 110 cm³/mol. The zero-order valence-electron chi connectivity index (χ0n) is 16.5. The van der Waals surface area contributed by atoms with Crippen molar-refractivity contribution in [2.45, 2.75) is 24.2 Å². The van der Waals surface area contributed by atoms with Gasteiger partial charge in [0, 0.05) is 25.1 Å². The minimum atomic E-state index is -3.85. The van der Waals surface area contributed by atoms with Crippen LogP contribution in [0, 0.1) is 5.92 Å². The number of hydrogen-bond acceptors (Lipinski definition) is 5. The Balaban J connectivity index is 1.77. The summed E-state index contributed by atoms with van der Waals surface area (Å²) in [5, 5.41) is 0. The minimum Gasteiger partial charge on any atom is -0.493 e. The molecule has 1 fully saturated rings. The monoisotopic (exact) mass is 416 g/mol. The van der Waals surface area contributed by atoms with Gasteiger partial charge in [0.2, 0.25) is 5.91 Å². The maximum Gasteiger partial charge on any atom is 0.264 e. The number of carbonyl (C=O) groups is 1. The van der Waals surface area contributed by atoms with Gasteiger partial charge in [0.1, 0.15) is 0 Å². The predicted octanol–water partition coefficient (Wildman–Crippen LogP) is 3.05. The lowest BCUT2D eigenvalue weighted by atomic mass is 10.2. The molecule has 0 radical (unpaired) electrons. The number of methoxy groups -OCH3 is 2. The molecule has 0 saturated heterocycles. The Kier molecular flexibility index (Phi) is 5.12. The molecule has 2 aromatic carbocycles. The summed E-state index contributed by atoms with van der Waals surface area (Å²) in [6.45, 7) is 0.798. The summed E-state index contributed by atoms with van der Waals surface area (Å²) in [5.74, 6) is 0.964. The fraction of sp³-hybridized carbons (Fsp3) is 0.381. The Hall–Kier alpha value is -2.74. The van der Waals surface area contributed by atoms with Crippen molar-refractivity contribution in [2.75, 3.05) is 36.5 Å². The van der Waals surface area contributed by atoms with Crippen LogP contribution in [-0.2, 0) is 14.8 Å². The molecule has 8 heteroatoms. The van der Waals surface area contributed by atoms with E-state index in [-0.39, 0.29) is 16.7 Å². The molecule has 29 heavy (non-hydrogen) atoms. The van der Waals surface area contributed by atoms with Crippen LogP contribution < -0.4 is 18.7 Å². The molecule has 0 aromatic heterocycles. The Bertz CT molecular complexity index is 1030. The zero-order valence-corrected chi connectivity index (χ0v) is 17.3. The number of benzene rings is 2. The second-order valence-corrected chi connectivity index (χ2v) is 9.06. The van der Waals surface area contributed by atoms with Gasteiger partial charge < -0.3 is 14.4 Å². The van der Waals surface area contributed by atoms with Gasteiger partial charge in [-0.25, -0.2) is 8.42 Å². The first-order valence-corrected chi connectivity index (χ1v) is 11.1. The van der Waals surface area contributed by atoms with Crippen LogP contribution in [0.25, 0.3) is 0 Å². The highest BCUT2D eigenvalue weighted by atomic mass is 32.2. The molecule has 0 bridgehead atoms. The van der Waals surface area contributed by atoms with Crippen molar-refractivity contribution in [3.63, 3.8) is 0 Å². The minimum absolute atomic E-state index is 0.0667. The largest absolute Gasteiger partial charge is 0.493 e. The van der Waals surface area contributed by atoms with E-state index in [1.165, 1.54) is 30.7 Å². The summed E-state index contributed by atoms with van der Waals surface area (Å²) in [7, 11) is -0.879. The van der Waals surface area contributed by atoms with Crippen LogP contribution in [0.1, 0.15) is 19.3 Å². The number of ether oxygens (including phenoxy) is 2. The molecule has 1 heterocycles. The SMILES string of the molecule is COc1ccc(S(=O)(=O)N2CCCN(C(=O)C3CC3)c3ccccc32)cc1OC. The molecule has 4 rings (SSSR count). The van der Waals surface area contributed by atoms with E-state index in [9.17, 15) is 13.2 Å². The van der Waals surface area contributed by atoms with Crippen LogP contribution in [0.15, 0.2) is 47.4 Å². The van der Waals surface area contributed by atoms with E-state index < -0.39 is 10.0 Å². The summed E-state index contributed by atoms with van der Waals surface area (Å²) in [6, 6.07) is 11.8. The van der Waals surface area contributed by atoms with Gasteiger partial charge in [0.05, 0.1) is 30.5 Å². The summed E-state index contributed by atoms with van der Waals surface area (Å²) in [6.07, 6.45) is 2.37. The van der Waals surface area contributed by atoms with Crippen LogP contribution in [0.2, 0.25) is 0 Å². The Morgan fingerprint density at radius 2 is 1.66 bits per heavy atom. The van der Waals surface area contributed by atoms with Gasteiger partial charge in [-0.15, -0.1) is 0 Å². The number of hydrogen-bond donors (Lipinski definition) is 0. The first-order valence-electron chi connectivity index (χ1n) is 9.62. The van der Waals surface area contributed by atoms with Gasteiger partial charge in [-0.05, 0) is 43.5 Å². The summed E-state index contributed by atoms with van der Waals surface area (Å²) >= 11 is 0. The van der Waals surface area contributed by atoms with Crippen LogP contribution in [0.3, 0.4) is 0 Å². The highest BCUT2D eigenvalue weighted by Crippen LogP contribution is 2.40. The van der Waals surface area contributed by atoms with E-state index in [0.717, 1.165) is 12.8 Å². The van der Waals surface area contributed by atoms with E-state index in [1.807, 2.05) is 12.1 Å². The Morgan fingerprint density at radius 1 is 0.966 bits per heavy atom. The molecule has 1 amide bonds. The number of amides is 1. The highest BCUT2D eigenvalue weighted by molar-refractivity contribution is 7.92. The summed E-state index contributed by atoms with van der Waals surface area (Å²) in [4.78, 5) is 14.6. The number of rotatable bonds is 5. The van der Waals surface area contributed by atoms with Crippen molar-refractivity contribution < 1.29 is 22.7 Å². The molecule has 0 N–H and O–H groups in total. The second kappa shape index (κ2) is 7.59. The van der Waals surface area contributed by atoms with Crippen LogP contribution >= 0.6 is 0 Å². The average Bonchev–Trinajstić information content (AvgIpc) is 3.59. The fourth-order valence-electron chi connectivity index (χ4n) is 3.65. The van der Waals surface area contributed by atoms with Crippen molar-refractivity contribution in [2.24, 2.45) is 5.92 Å². The average molecular weight is 416 g/mol. The molecule has 2 aromatic rings. The van der Waals surface area contributed by atoms with E-state index in [2.05, 4.69) is 0 Å². The Labute approximate surface area is 170 Å². The van der Waals surface area contributed by atoms with Crippen LogP contribution in [0.4, 0.5) is 11.4 Å². The van der Waals surface area contributed by atoms with E-state index in [4.69, 9.17) is 9.47 Å². The molecular formula is C21H24N2O5S. The number of anilines is 2. The number of fused-ring (bicyclic) bond motifs is 1. The van der Waals surface area contributed by atoms with E-state index >= 15 is 0 Å². The summed E-state index contributed by atoms with van der Waals surface area (Å²) < 4.78 is 38.9. The van der Waals surface area contributed by atoms with E-state index in [0.29, 0.717) is 42.4 Å². The highest BCUT2D eigenvalue weighted by Gasteiger charge is 2.37. The normalized spacial score (nSPS) is 16.8. The quantitative estimate of drug-likeness (QED) is 0.749. The molecule has 1 saturated carbocycles. The van der Waals surface area contributed by atoms with Crippen molar-refractivity contribution in [1.29, 1.82) is 0 Å². The van der Waals surface area contributed by atoms with Crippen molar-refractivity contribution in [1.82, 2.24) is 0 Å². The van der Waals surface area contributed by atoms with Gasteiger partial charge in [0.15, 0.2) is 11.5 Å². The van der Waals surface area contributed by atoms with Crippen molar-refractivity contribution >= 4 is 27.3 Å². The van der Waals surface area contributed by atoms with Crippen LogP contribution in [0.5, 0.6) is 11.5 Å². The van der Waals surface area contributed by atoms with Crippen molar-refractivity contribution in [3.05, 3.63) is 42.5 Å². The second-order valence-electron chi connectivity index (χ2n) is 7.20. The van der Waals surface area contributed by atoms with Gasteiger partial charge in [-0.1, -0.05) is 12.1 Å². The maximum absolute atomic E-state index is 13.5. The number of nitrogens with zero attached hydrogens (tertiary/aromatic N) is 2. The molecule has 0 spiro atoms. The summed E-state index contributed by atoms with van der Waals surface area (Å²) in [5.41, 5.74) is 1.17. The lowest BCUT2D eigenvalue weighted by Gasteiger charge is -2.26. The third-order valence-corrected chi connectivity index (χ3v) is 7.13. The number of para-hydroxylation sites is 2. The third-order valence-electron chi connectivity index (χ3n) is 5.32. The fourth-order valence-corrected chi connectivity index (χ4v) is 5.18. The Morgan fingerprint density at radius 3 is 2.31 bits per heavy atom. The molecule has 154 valence electrons. The van der Waals surface area contributed by atoms with Gasteiger partial charge in [-0.2, -0.15) is 0 Å². The smallest absolute Gasteiger partial charge is 0.264 e. The number of sulfonamides is 1. The lowest BCUT2D eigenvalue weighted by Crippen LogP contribution is -2.32.